The van der Waals surface area contributed by atoms with E-state index in [9.17, 15) is 14.7 Å². The summed E-state index contributed by atoms with van der Waals surface area (Å²) in [6.07, 6.45) is 10.3. The molecule has 5 aromatic rings. The standard InChI is InChI=1S/C37H34N2O4S/c1-25-17-18-31-30(23-25)38(21-22-43-24-40)33(44-31)16-6-4-5-15-32-37(2,3)35-28-13-9-7-11-26(28)27-12-8-10-14-29(27)36(35)39(32)20-19-34(41)42/h4-18,23-24H,19-22H2,1-3H3/p+1. The van der Waals surface area contributed by atoms with Crippen molar-refractivity contribution < 1.29 is 24.0 Å². The Morgan fingerprint density at radius 1 is 0.977 bits per heavy atom. The van der Waals surface area contributed by atoms with Gasteiger partial charge in [0.05, 0.1) is 12.1 Å². The van der Waals surface area contributed by atoms with Crippen molar-refractivity contribution in [2.75, 3.05) is 18.1 Å². The number of nitrogens with zero attached hydrogens (tertiary/aromatic N) is 2. The molecule has 0 unspecified atom stereocenters. The third kappa shape index (κ3) is 5.28. The van der Waals surface area contributed by atoms with Crippen LogP contribution < -0.4 is 9.47 Å². The first-order chi connectivity index (χ1) is 21.3. The van der Waals surface area contributed by atoms with E-state index in [1.54, 1.807) is 11.3 Å². The van der Waals surface area contributed by atoms with Gasteiger partial charge < -0.3 is 14.7 Å². The van der Waals surface area contributed by atoms with Gasteiger partial charge in [-0.3, -0.25) is 9.59 Å². The molecule has 0 saturated carbocycles. The van der Waals surface area contributed by atoms with Gasteiger partial charge in [-0.05, 0) is 46.4 Å². The van der Waals surface area contributed by atoms with E-state index in [1.165, 1.54) is 32.0 Å². The molecule has 6 nitrogen and oxygen atoms in total. The number of carbonyl (C=O) groups excluding carboxylic acids is 1. The minimum Gasteiger partial charge on any atom is -0.481 e. The molecule has 1 aromatic heterocycles. The number of aromatic nitrogens is 1. The molecule has 0 aliphatic carbocycles. The number of anilines is 1. The fourth-order valence-electron chi connectivity index (χ4n) is 6.47. The van der Waals surface area contributed by atoms with E-state index in [0.717, 1.165) is 27.3 Å². The van der Waals surface area contributed by atoms with Crippen LogP contribution in [0.5, 0.6) is 0 Å². The smallest absolute Gasteiger partial charge is 0.305 e. The number of allylic oxidation sites excluding steroid dienone is 5. The van der Waals surface area contributed by atoms with Gasteiger partial charge in [-0.25, -0.2) is 0 Å². The molecule has 7 heteroatoms. The summed E-state index contributed by atoms with van der Waals surface area (Å²) >= 11 is 1.70. The number of carbonyl (C=O) groups is 2. The number of aliphatic carboxylic acids is 1. The number of ether oxygens (including phenoxy) is 1. The lowest BCUT2D eigenvalue weighted by molar-refractivity contribution is -0.669. The molecule has 0 saturated heterocycles. The van der Waals surface area contributed by atoms with Crippen LogP contribution in [0.15, 0.2) is 96.7 Å². The van der Waals surface area contributed by atoms with Crippen molar-refractivity contribution >= 4 is 67.3 Å². The summed E-state index contributed by atoms with van der Waals surface area (Å²) in [6, 6.07) is 23.3. The average Bonchev–Trinajstić information content (AvgIpc) is 3.46. The second-order valence-corrected chi connectivity index (χ2v) is 12.6. The number of fused-ring (bicyclic) bond motifs is 7. The minimum atomic E-state index is -0.815. The molecule has 0 amide bonds. The van der Waals surface area contributed by atoms with Crippen molar-refractivity contribution in [3.63, 3.8) is 0 Å². The van der Waals surface area contributed by atoms with Gasteiger partial charge in [-0.1, -0.05) is 98.0 Å². The topological polar surface area (TPSA) is 70.7 Å². The second kappa shape index (κ2) is 12.1. The zero-order valence-corrected chi connectivity index (χ0v) is 25.9. The maximum absolute atomic E-state index is 11.7. The van der Waals surface area contributed by atoms with Crippen molar-refractivity contribution in [2.45, 2.75) is 39.2 Å². The number of rotatable bonds is 10. The van der Waals surface area contributed by atoms with E-state index in [-0.39, 0.29) is 11.8 Å². The molecule has 4 aromatic carbocycles. The second-order valence-electron chi connectivity index (χ2n) is 11.6. The largest absolute Gasteiger partial charge is 0.481 e. The fourth-order valence-corrected chi connectivity index (χ4v) is 7.55. The van der Waals surface area contributed by atoms with Gasteiger partial charge in [-0.15, -0.1) is 0 Å². The number of carboxylic acid groups (broad SMARTS) is 1. The first kappa shape index (κ1) is 29.3. The zero-order chi connectivity index (χ0) is 30.8. The molecule has 0 fully saturated rings. The van der Waals surface area contributed by atoms with Crippen LogP contribution in [-0.4, -0.2) is 30.7 Å². The van der Waals surface area contributed by atoms with Crippen LogP contribution in [0.3, 0.4) is 0 Å². The van der Waals surface area contributed by atoms with E-state index >= 15 is 0 Å². The van der Waals surface area contributed by atoms with Crippen LogP contribution in [0, 0.1) is 6.92 Å². The maximum Gasteiger partial charge on any atom is 0.305 e. The Morgan fingerprint density at radius 3 is 2.41 bits per heavy atom. The minimum absolute atomic E-state index is 0.0386. The van der Waals surface area contributed by atoms with Gasteiger partial charge in [0.15, 0.2) is 6.54 Å². The lowest BCUT2D eigenvalue weighted by Gasteiger charge is -2.26. The van der Waals surface area contributed by atoms with Gasteiger partial charge in [-0.2, -0.15) is 4.57 Å². The van der Waals surface area contributed by atoms with Gasteiger partial charge in [0.25, 0.3) is 11.5 Å². The molecule has 2 heterocycles. The van der Waals surface area contributed by atoms with Crippen LogP contribution in [0.25, 0.3) is 37.8 Å². The summed E-state index contributed by atoms with van der Waals surface area (Å²) in [4.78, 5) is 24.7. The third-order valence-electron chi connectivity index (χ3n) is 8.38. The van der Waals surface area contributed by atoms with E-state index in [0.29, 0.717) is 26.2 Å². The highest BCUT2D eigenvalue weighted by atomic mass is 32.1. The molecular weight excluding hydrogens is 568 g/mol. The number of thiazole rings is 1. The Bertz CT molecular complexity index is 2000. The SMILES string of the molecule is Cc1ccc2sc(/C=C/C=C/C=C3\N(CCC(=O)O)c4c(c5ccccc5c5ccccc45)C3(C)C)[n+](CCOC=O)c2c1. The van der Waals surface area contributed by atoms with Crippen LogP contribution in [-0.2, 0) is 26.3 Å². The molecule has 0 radical (unpaired) electrons. The van der Waals surface area contributed by atoms with E-state index < -0.39 is 5.97 Å². The lowest BCUT2D eigenvalue weighted by atomic mass is 9.80. The normalized spacial score (nSPS) is 15.3. The molecule has 0 atom stereocenters. The molecule has 1 aliphatic rings. The van der Waals surface area contributed by atoms with E-state index in [4.69, 9.17) is 4.74 Å². The van der Waals surface area contributed by atoms with Crippen molar-refractivity contribution in [1.82, 2.24) is 0 Å². The van der Waals surface area contributed by atoms with Gasteiger partial charge in [0.2, 0.25) is 5.52 Å². The van der Waals surface area contributed by atoms with Crippen LogP contribution in [0.2, 0.25) is 0 Å². The molecule has 0 bridgehead atoms. The van der Waals surface area contributed by atoms with Crippen molar-refractivity contribution in [3.8, 4) is 0 Å². The Labute approximate surface area is 260 Å². The van der Waals surface area contributed by atoms with Gasteiger partial charge >= 0.3 is 5.97 Å². The predicted octanol–water partition coefficient (Wildman–Crippen LogP) is 7.70. The summed E-state index contributed by atoms with van der Waals surface area (Å²) in [5.74, 6) is -0.815. The number of aryl methyl sites for hydroxylation is 1. The Hall–Kier alpha value is -4.75. The van der Waals surface area contributed by atoms with E-state index in [1.807, 2.05) is 18.2 Å². The number of benzene rings is 4. The first-order valence-electron chi connectivity index (χ1n) is 14.8. The molecule has 1 N–H and O–H groups in total. The summed E-state index contributed by atoms with van der Waals surface area (Å²) in [5, 5.41) is 15.4. The Kier molecular flexibility index (Phi) is 8.06. The molecule has 44 heavy (non-hydrogen) atoms. The van der Waals surface area contributed by atoms with Crippen molar-refractivity contribution in [1.29, 1.82) is 0 Å². The summed E-state index contributed by atoms with van der Waals surface area (Å²) in [5.41, 5.74) is 5.34. The van der Waals surface area contributed by atoms with Crippen molar-refractivity contribution in [3.05, 3.63) is 113 Å². The summed E-state index contributed by atoms with van der Waals surface area (Å²) in [7, 11) is 0. The van der Waals surface area contributed by atoms with Crippen molar-refractivity contribution in [2.24, 2.45) is 0 Å². The molecular formula is C37H35N2O4S+. The van der Waals surface area contributed by atoms with E-state index in [2.05, 4.69) is 109 Å². The number of hydrogen-bond donors (Lipinski definition) is 1. The molecule has 1 aliphatic heterocycles. The predicted molar refractivity (Wildman–Crippen MR) is 179 cm³/mol. The zero-order valence-electron chi connectivity index (χ0n) is 25.1. The van der Waals surface area contributed by atoms with Crippen LogP contribution >= 0.6 is 11.3 Å². The Balaban J connectivity index is 1.39. The number of hydrogen-bond acceptors (Lipinski definition) is 5. The average molecular weight is 604 g/mol. The number of carboxylic acids is 1. The first-order valence-corrected chi connectivity index (χ1v) is 15.6. The monoisotopic (exact) mass is 603 g/mol. The van der Waals surface area contributed by atoms with Gasteiger partial charge in [0, 0.05) is 35.2 Å². The Morgan fingerprint density at radius 2 is 1.68 bits per heavy atom. The maximum atomic E-state index is 11.7. The molecule has 0 spiro atoms. The molecule has 222 valence electrons. The van der Waals surface area contributed by atoms with Gasteiger partial charge in [0.1, 0.15) is 11.3 Å². The highest BCUT2D eigenvalue weighted by Gasteiger charge is 2.42. The quantitative estimate of drug-likeness (QED) is 0.0582. The van der Waals surface area contributed by atoms with Crippen LogP contribution in [0.1, 0.15) is 36.4 Å². The summed E-state index contributed by atoms with van der Waals surface area (Å²) < 4.78 is 8.35. The lowest BCUT2D eigenvalue weighted by Crippen LogP contribution is -2.37. The highest BCUT2D eigenvalue weighted by Crippen LogP contribution is 2.54. The highest BCUT2D eigenvalue weighted by molar-refractivity contribution is 7.18. The summed E-state index contributed by atoms with van der Waals surface area (Å²) in [6.45, 7) is 8.28. The van der Waals surface area contributed by atoms with Crippen LogP contribution in [0.4, 0.5) is 5.69 Å². The molecule has 6 rings (SSSR count). The third-order valence-corrected chi connectivity index (χ3v) is 9.51. The fraction of sp³-hybridized carbons (Fsp3) is 0.216.